The van der Waals surface area contributed by atoms with Crippen LogP contribution < -0.4 is 0 Å². The van der Waals surface area contributed by atoms with Gasteiger partial charge in [0, 0.05) is 18.9 Å². The monoisotopic (exact) mass is 345 g/mol. The molecule has 1 aromatic carbocycles. The Morgan fingerprint density at radius 3 is 2.48 bits per heavy atom. The van der Waals surface area contributed by atoms with Crippen LogP contribution in [0.4, 0.5) is 0 Å². The lowest BCUT2D eigenvalue weighted by Crippen LogP contribution is -2.30. The van der Waals surface area contributed by atoms with E-state index in [0.29, 0.717) is 23.4 Å². The van der Waals surface area contributed by atoms with Crippen LogP contribution in [0, 0.1) is 5.92 Å². The average molecular weight is 346 g/mol. The zero-order valence-electron chi connectivity index (χ0n) is 16.0. The molecule has 1 fully saturated rings. The minimum Gasteiger partial charge on any atom is -0.508 e. The van der Waals surface area contributed by atoms with Crippen LogP contribution >= 0.6 is 0 Å². The molecule has 1 aliphatic rings. The molecule has 0 bridgehead atoms. The maximum Gasteiger partial charge on any atom is 0.136 e. The second-order valence-electron chi connectivity index (χ2n) is 7.70. The van der Waals surface area contributed by atoms with Gasteiger partial charge in [0.15, 0.2) is 0 Å². The third-order valence-electron chi connectivity index (χ3n) is 5.49. The van der Waals surface area contributed by atoms with E-state index in [1.54, 1.807) is 12.1 Å². The lowest BCUT2D eigenvalue weighted by molar-refractivity contribution is -0.123. The Labute approximate surface area is 153 Å². The smallest absolute Gasteiger partial charge is 0.136 e. The van der Waals surface area contributed by atoms with Gasteiger partial charge in [-0.25, -0.2) is 0 Å². The highest BCUT2D eigenvalue weighted by Crippen LogP contribution is 2.26. The molecule has 0 spiro atoms. The maximum absolute atomic E-state index is 12.4. The summed E-state index contributed by atoms with van der Waals surface area (Å²) in [5, 5.41) is 9.44. The van der Waals surface area contributed by atoms with E-state index in [-0.39, 0.29) is 0 Å². The molecule has 1 atom stereocenters. The summed E-state index contributed by atoms with van der Waals surface area (Å²) < 4.78 is 0. The van der Waals surface area contributed by atoms with Gasteiger partial charge in [0.2, 0.25) is 0 Å². The summed E-state index contributed by atoms with van der Waals surface area (Å²) in [6, 6.07) is 7.55. The Balaban J connectivity index is 1.77. The first-order valence-corrected chi connectivity index (χ1v) is 10.1. The molecule has 0 radical (unpaired) electrons. The van der Waals surface area contributed by atoms with E-state index in [4.69, 9.17) is 0 Å². The fourth-order valence-corrected chi connectivity index (χ4v) is 4.01. The van der Waals surface area contributed by atoms with E-state index in [2.05, 4.69) is 18.7 Å². The van der Waals surface area contributed by atoms with Crippen molar-refractivity contribution in [3.63, 3.8) is 0 Å². The van der Waals surface area contributed by atoms with Crippen molar-refractivity contribution in [1.82, 2.24) is 4.90 Å². The average Bonchev–Trinajstić information content (AvgIpc) is 2.63. The normalized spacial score (nSPS) is 16.9. The molecule has 0 aliphatic heterocycles. The maximum atomic E-state index is 12.4. The number of hydrogen-bond donors (Lipinski definition) is 1. The fraction of sp³-hybridized carbons (Fsp3) is 0.682. The predicted molar refractivity (Wildman–Crippen MR) is 104 cm³/mol. The van der Waals surface area contributed by atoms with Crippen LogP contribution in [-0.2, 0) is 4.79 Å². The van der Waals surface area contributed by atoms with E-state index in [9.17, 15) is 9.90 Å². The van der Waals surface area contributed by atoms with Crippen molar-refractivity contribution in [2.75, 3.05) is 19.6 Å². The molecule has 3 heteroatoms. The minimum atomic E-state index is 0.322. The molecular weight excluding hydrogens is 310 g/mol. The Morgan fingerprint density at radius 1 is 1.16 bits per heavy atom. The molecule has 0 saturated heterocycles. The Morgan fingerprint density at radius 2 is 1.84 bits per heavy atom. The summed E-state index contributed by atoms with van der Waals surface area (Å²) in [6.07, 6.45) is 8.90. The fourth-order valence-electron chi connectivity index (χ4n) is 4.01. The molecule has 2 rings (SSSR count). The van der Waals surface area contributed by atoms with E-state index >= 15 is 0 Å². The number of phenolic OH excluding ortho intramolecular Hbond substituents is 1. The zero-order chi connectivity index (χ0) is 18.1. The summed E-state index contributed by atoms with van der Waals surface area (Å²) in [6.45, 7) is 7.55. The molecule has 1 aliphatic carbocycles. The molecule has 0 amide bonds. The van der Waals surface area contributed by atoms with Crippen LogP contribution in [0.15, 0.2) is 24.3 Å². The number of nitrogens with zero attached hydrogens (tertiary/aromatic N) is 1. The van der Waals surface area contributed by atoms with E-state index in [1.165, 1.54) is 24.8 Å². The molecule has 25 heavy (non-hydrogen) atoms. The van der Waals surface area contributed by atoms with Crippen LogP contribution in [0.3, 0.4) is 0 Å². The summed E-state index contributed by atoms with van der Waals surface area (Å²) in [5.41, 5.74) is 1.26. The van der Waals surface area contributed by atoms with Crippen LogP contribution in [-0.4, -0.2) is 35.4 Å². The van der Waals surface area contributed by atoms with Gasteiger partial charge in [-0.05, 0) is 62.4 Å². The number of benzene rings is 1. The van der Waals surface area contributed by atoms with Crippen molar-refractivity contribution in [2.24, 2.45) is 5.92 Å². The van der Waals surface area contributed by atoms with Crippen LogP contribution in [0.5, 0.6) is 5.75 Å². The SMILES string of the molecule is CCCN(CCCC(=O)C1CCCCC1)CC(C)c1ccc(O)cc1. The van der Waals surface area contributed by atoms with Crippen LogP contribution in [0.1, 0.15) is 76.7 Å². The van der Waals surface area contributed by atoms with E-state index < -0.39 is 0 Å². The summed E-state index contributed by atoms with van der Waals surface area (Å²) in [7, 11) is 0. The van der Waals surface area contributed by atoms with Crippen molar-refractivity contribution < 1.29 is 9.90 Å². The van der Waals surface area contributed by atoms with Gasteiger partial charge < -0.3 is 10.0 Å². The van der Waals surface area contributed by atoms with Gasteiger partial charge in [0.1, 0.15) is 11.5 Å². The Bertz CT molecular complexity index is 505. The van der Waals surface area contributed by atoms with Gasteiger partial charge in [-0.2, -0.15) is 0 Å². The van der Waals surface area contributed by atoms with Crippen molar-refractivity contribution in [2.45, 2.75) is 71.1 Å². The van der Waals surface area contributed by atoms with Crippen molar-refractivity contribution >= 4 is 5.78 Å². The standard InChI is InChI=1S/C22H35NO2/c1-3-15-23(17-18(2)19-11-13-21(24)14-12-19)16-7-10-22(25)20-8-5-4-6-9-20/h11-14,18,20,24H,3-10,15-17H2,1-2H3. The molecule has 1 N–H and O–H groups in total. The van der Waals surface area contributed by atoms with Gasteiger partial charge in [-0.1, -0.05) is 45.2 Å². The molecule has 0 aromatic heterocycles. The molecule has 1 aromatic rings. The van der Waals surface area contributed by atoms with E-state index in [0.717, 1.165) is 51.7 Å². The second kappa shape index (κ2) is 10.6. The Kier molecular flexibility index (Phi) is 8.47. The highest BCUT2D eigenvalue weighted by Gasteiger charge is 2.20. The number of hydrogen-bond acceptors (Lipinski definition) is 3. The highest BCUT2D eigenvalue weighted by atomic mass is 16.3. The number of aromatic hydroxyl groups is 1. The summed E-state index contributed by atoms with van der Waals surface area (Å²) in [5.74, 6) is 1.61. The van der Waals surface area contributed by atoms with Gasteiger partial charge in [-0.3, -0.25) is 4.79 Å². The molecule has 0 heterocycles. The van der Waals surface area contributed by atoms with Crippen molar-refractivity contribution in [3.05, 3.63) is 29.8 Å². The molecular formula is C22H35NO2. The third-order valence-corrected chi connectivity index (χ3v) is 5.49. The highest BCUT2D eigenvalue weighted by molar-refractivity contribution is 5.81. The molecule has 1 unspecified atom stereocenters. The zero-order valence-corrected chi connectivity index (χ0v) is 16.0. The quantitative estimate of drug-likeness (QED) is 0.638. The van der Waals surface area contributed by atoms with Crippen LogP contribution in [0.2, 0.25) is 0 Å². The van der Waals surface area contributed by atoms with Gasteiger partial charge in [0.05, 0.1) is 0 Å². The van der Waals surface area contributed by atoms with Gasteiger partial charge >= 0.3 is 0 Å². The number of carbonyl (C=O) groups excluding carboxylic acids is 1. The molecule has 140 valence electrons. The van der Waals surface area contributed by atoms with Crippen LogP contribution in [0.25, 0.3) is 0 Å². The summed E-state index contributed by atoms with van der Waals surface area (Å²) in [4.78, 5) is 14.9. The summed E-state index contributed by atoms with van der Waals surface area (Å²) >= 11 is 0. The minimum absolute atomic E-state index is 0.322. The number of ketones is 1. The first kappa shape index (κ1) is 20.0. The predicted octanol–water partition coefficient (Wildman–Crippen LogP) is 5.14. The van der Waals surface area contributed by atoms with Crippen molar-refractivity contribution in [3.8, 4) is 5.75 Å². The number of phenols is 1. The Hall–Kier alpha value is -1.35. The largest absolute Gasteiger partial charge is 0.508 e. The van der Waals surface area contributed by atoms with Crippen molar-refractivity contribution in [1.29, 1.82) is 0 Å². The number of Topliss-reactive ketones (excluding diaryl/α,β-unsaturated/α-hetero) is 1. The number of carbonyl (C=O) groups is 1. The second-order valence-corrected chi connectivity index (χ2v) is 7.70. The van der Waals surface area contributed by atoms with Gasteiger partial charge in [-0.15, -0.1) is 0 Å². The first-order valence-electron chi connectivity index (χ1n) is 10.1. The number of rotatable bonds is 10. The lowest BCUT2D eigenvalue weighted by atomic mass is 9.85. The van der Waals surface area contributed by atoms with E-state index in [1.807, 2.05) is 12.1 Å². The lowest BCUT2D eigenvalue weighted by Gasteiger charge is -2.26. The molecule has 3 nitrogen and oxygen atoms in total. The topological polar surface area (TPSA) is 40.5 Å². The first-order chi connectivity index (χ1) is 12.1. The molecule has 1 saturated carbocycles. The van der Waals surface area contributed by atoms with Gasteiger partial charge in [0.25, 0.3) is 0 Å². The third kappa shape index (κ3) is 6.81.